The molecule has 1 unspecified atom stereocenters. The molecule has 0 aliphatic carbocycles. The Morgan fingerprint density at radius 2 is 1.38 bits per heavy atom. The molecule has 0 saturated carbocycles. The Hall–Kier alpha value is -3.07. The second-order valence-corrected chi connectivity index (χ2v) is 6.89. The average molecular weight is 342 g/mol. The van der Waals surface area contributed by atoms with Crippen LogP contribution < -0.4 is 4.90 Å². The third kappa shape index (κ3) is 2.97. The summed E-state index contributed by atoms with van der Waals surface area (Å²) in [5.41, 5.74) is 6.27. The summed E-state index contributed by atoms with van der Waals surface area (Å²) >= 11 is 0. The van der Waals surface area contributed by atoms with E-state index in [2.05, 4.69) is 55.1 Å². The second kappa shape index (κ2) is 6.68. The van der Waals surface area contributed by atoms with Gasteiger partial charge in [0.05, 0.1) is 0 Å². The highest BCUT2D eigenvalue weighted by atomic mass is 16.5. The first-order valence-electron chi connectivity index (χ1n) is 8.91. The van der Waals surface area contributed by atoms with Crippen LogP contribution in [0.15, 0.2) is 78.9 Å². The Labute approximate surface area is 154 Å². The number of hydrogen-bond acceptors (Lipinski definition) is 2. The maximum absolute atomic E-state index is 13.3. The van der Waals surface area contributed by atoms with Gasteiger partial charge in [-0.2, -0.15) is 4.74 Å². The molecular weight excluding hydrogens is 320 g/mol. The fourth-order valence-electron chi connectivity index (χ4n) is 3.47. The fourth-order valence-corrected chi connectivity index (χ4v) is 3.47. The minimum atomic E-state index is -0.352. The molecule has 3 aromatic rings. The molecular formula is C23H22N2O. The van der Waals surface area contributed by atoms with Crippen LogP contribution in [0.3, 0.4) is 0 Å². The lowest BCUT2D eigenvalue weighted by Gasteiger charge is -2.24. The molecule has 1 aliphatic rings. The van der Waals surface area contributed by atoms with Gasteiger partial charge in [-0.15, -0.1) is 0 Å². The first kappa shape index (κ1) is 16.4. The number of anilines is 1. The zero-order chi connectivity index (χ0) is 18.1. The van der Waals surface area contributed by atoms with Gasteiger partial charge >= 0.3 is 0 Å². The van der Waals surface area contributed by atoms with Crippen molar-refractivity contribution in [1.29, 1.82) is 0 Å². The Balaban J connectivity index is 1.80. The van der Waals surface area contributed by atoms with Crippen LogP contribution in [0.5, 0.6) is 0 Å². The van der Waals surface area contributed by atoms with Crippen LogP contribution >= 0.6 is 0 Å². The third-order valence-electron chi connectivity index (χ3n) is 4.95. The summed E-state index contributed by atoms with van der Waals surface area (Å²) in [6, 6.07) is 26.6. The number of nitrogens with zero attached hydrogens (tertiary/aromatic N) is 2. The molecule has 3 heteroatoms. The van der Waals surface area contributed by atoms with Gasteiger partial charge in [-0.1, -0.05) is 65.7 Å². The molecule has 0 bridgehead atoms. The number of hydrogen-bond donors (Lipinski definition) is 0. The summed E-state index contributed by atoms with van der Waals surface area (Å²) in [5, 5.41) is 13.3. The van der Waals surface area contributed by atoms with E-state index in [-0.39, 0.29) is 6.17 Å². The Morgan fingerprint density at radius 3 is 2.00 bits per heavy atom. The highest BCUT2D eigenvalue weighted by Crippen LogP contribution is 2.33. The maximum Gasteiger partial charge on any atom is 0.266 e. The lowest BCUT2D eigenvalue weighted by molar-refractivity contribution is -0.497. The SMILES string of the molecule is Cc1ccc(C2=[N+]([O-])C(c3ccccc3)N(c3ccc(C)cc3)C2)cc1. The van der Waals surface area contributed by atoms with E-state index in [9.17, 15) is 5.21 Å². The summed E-state index contributed by atoms with van der Waals surface area (Å²) in [4.78, 5) is 2.18. The van der Waals surface area contributed by atoms with Crippen LogP contribution in [-0.2, 0) is 0 Å². The first-order chi connectivity index (χ1) is 12.6. The monoisotopic (exact) mass is 342 g/mol. The number of benzene rings is 3. The lowest BCUT2D eigenvalue weighted by atomic mass is 10.1. The summed E-state index contributed by atoms with van der Waals surface area (Å²) in [5.74, 6) is 0. The molecule has 0 fully saturated rings. The van der Waals surface area contributed by atoms with Crippen LogP contribution in [0, 0.1) is 19.1 Å². The molecule has 1 aliphatic heterocycles. The van der Waals surface area contributed by atoms with Gasteiger partial charge in [-0.3, -0.25) is 4.90 Å². The predicted molar refractivity (Wildman–Crippen MR) is 107 cm³/mol. The van der Waals surface area contributed by atoms with Crippen LogP contribution in [0.2, 0.25) is 0 Å². The van der Waals surface area contributed by atoms with E-state index >= 15 is 0 Å². The van der Waals surface area contributed by atoms with Crippen molar-refractivity contribution in [2.45, 2.75) is 20.0 Å². The van der Waals surface area contributed by atoms with Gasteiger partial charge in [-0.25, -0.2) is 0 Å². The van der Waals surface area contributed by atoms with Gasteiger partial charge in [0.15, 0.2) is 0 Å². The summed E-state index contributed by atoms with van der Waals surface area (Å²) < 4.78 is 1.17. The minimum absolute atomic E-state index is 0.352. The number of rotatable bonds is 3. The highest BCUT2D eigenvalue weighted by Gasteiger charge is 2.38. The average Bonchev–Trinajstić information content (AvgIpc) is 3.01. The zero-order valence-electron chi connectivity index (χ0n) is 15.1. The Morgan fingerprint density at radius 1 is 0.808 bits per heavy atom. The quantitative estimate of drug-likeness (QED) is 0.504. The Kier molecular flexibility index (Phi) is 4.21. The molecule has 0 amide bonds. The summed E-state index contributed by atoms with van der Waals surface area (Å²) in [6.45, 7) is 4.73. The molecule has 0 aromatic heterocycles. The van der Waals surface area contributed by atoms with Crippen LogP contribution in [-0.4, -0.2) is 17.0 Å². The van der Waals surface area contributed by atoms with E-state index in [0.29, 0.717) is 6.54 Å². The molecule has 26 heavy (non-hydrogen) atoms. The molecule has 3 nitrogen and oxygen atoms in total. The molecule has 130 valence electrons. The van der Waals surface area contributed by atoms with E-state index in [1.807, 2.05) is 42.5 Å². The van der Waals surface area contributed by atoms with Crippen LogP contribution in [0.25, 0.3) is 0 Å². The molecule has 0 N–H and O–H groups in total. The molecule has 4 rings (SSSR count). The normalized spacial score (nSPS) is 17.0. The van der Waals surface area contributed by atoms with Gasteiger partial charge in [0.2, 0.25) is 5.71 Å². The number of aryl methyl sites for hydroxylation is 2. The second-order valence-electron chi connectivity index (χ2n) is 6.89. The van der Waals surface area contributed by atoms with Crippen molar-refractivity contribution < 1.29 is 4.74 Å². The van der Waals surface area contributed by atoms with Gasteiger partial charge < -0.3 is 5.21 Å². The molecule has 1 heterocycles. The lowest BCUT2D eigenvalue weighted by Crippen LogP contribution is -2.28. The van der Waals surface area contributed by atoms with E-state index < -0.39 is 0 Å². The third-order valence-corrected chi connectivity index (χ3v) is 4.95. The standard InChI is InChI=1S/C23H22N2O/c1-17-8-12-19(13-9-17)22-16-24(21-14-10-18(2)11-15-21)23(25(22)26)20-6-4-3-5-7-20/h3-15,23H,16H2,1-2H3. The van der Waals surface area contributed by atoms with Crippen molar-refractivity contribution in [2.75, 3.05) is 11.4 Å². The maximum atomic E-state index is 13.3. The molecule has 3 aromatic carbocycles. The molecule has 0 spiro atoms. The topological polar surface area (TPSA) is 29.3 Å². The highest BCUT2D eigenvalue weighted by molar-refractivity contribution is 6.01. The fraction of sp³-hybridized carbons (Fsp3) is 0.174. The largest absolute Gasteiger partial charge is 0.622 e. The summed E-state index contributed by atoms with van der Waals surface area (Å²) in [7, 11) is 0. The van der Waals surface area contributed by atoms with Crippen LogP contribution in [0.1, 0.15) is 28.4 Å². The van der Waals surface area contributed by atoms with Gasteiger partial charge in [0.1, 0.15) is 6.54 Å². The van der Waals surface area contributed by atoms with Crippen molar-refractivity contribution in [3.8, 4) is 0 Å². The van der Waals surface area contributed by atoms with Crippen LogP contribution in [0.4, 0.5) is 5.69 Å². The van der Waals surface area contributed by atoms with Gasteiger partial charge in [0, 0.05) is 16.8 Å². The van der Waals surface area contributed by atoms with Crippen molar-refractivity contribution in [3.63, 3.8) is 0 Å². The smallest absolute Gasteiger partial charge is 0.266 e. The van der Waals surface area contributed by atoms with E-state index in [1.54, 1.807) is 0 Å². The number of hydroxylamine groups is 1. The van der Waals surface area contributed by atoms with Gasteiger partial charge in [0.25, 0.3) is 6.17 Å². The van der Waals surface area contributed by atoms with Crippen molar-refractivity contribution in [3.05, 3.63) is 106 Å². The summed E-state index contributed by atoms with van der Waals surface area (Å²) in [6.07, 6.45) is -0.352. The Bertz CT molecular complexity index is 928. The van der Waals surface area contributed by atoms with E-state index in [4.69, 9.17) is 0 Å². The van der Waals surface area contributed by atoms with E-state index in [0.717, 1.165) is 22.5 Å². The molecule has 0 radical (unpaired) electrons. The van der Waals surface area contributed by atoms with Gasteiger partial charge in [-0.05, 0) is 38.1 Å². The molecule has 0 saturated heterocycles. The van der Waals surface area contributed by atoms with Crippen molar-refractivity contribution in [1.82, 2.24) is 0 Å². The zero-order valence-corrected chi connectivity index (χ0v) is 15.1. The predicted octanol–water partition coefficient (Wildman–Crippen LogP) is 4.82. The van der Waals surface area contributed by atoms with E-state index in [1.165, 1.54) is 15.9 Å². The minimum Gasteiger partial charge on any atom is -0.622 e. The van der Waals surface area contributed by atoms with Crippen molar-refractivity contribution in [2.24, 2.45) is 0 Å². The molecule has 1 atom stereocenters. The first-order valence-corrected chi connectivity index (χ1v) is 8.91. The van der Waals surface area contributed by atoms with Crippen molar-refractivity contribution >= 4 is 11.4 Å².